The molecule has 0 radical (unpaired) electrons. The third kappa shape index (κ3) is 2.82. The van der Waals surface area contributed by atoms with Crippen LogP contribution in [0.3, 0.4) is 0 Å². The van der Waals surface area contributed by atoms with Gasteiger partial charge in [-0.3, -0.25) is 0 Å². The molecular weight excluding hydrogens is 232 g/mol. The minimum Gasteiger partial charge on any atom is -0.345 e. The standard InChI is InChI=1S/C14H20N2.ClH/c1-4-15-9-12-10-16(11(2)3)14-8-6-5-7-13(12)14;/h5-8,10-11,15H,4,9H2,1-3H3;1H. The number of aromatic nitrogens is 1. The second kappa shape index (κ2) is 6.08. The van der Waals surface area contributed by atoms with Crippen molar-refractivity contribution in [3.05, 3.63) is 36.0 Å². The molecule has 3 heteroatoms. The fourth-order valence-electron chi connectivity index (χ4n) is 2.11. The van der Waals surface area contributed by atoms with Crippen molar-refractivity contribution >= 4 is 23.3 Å². The molecule has 1 aromatic heterocycles. The van der Waals surface area contributed by atoms with Gasteiger partial charge in [0.25, 0.3) is 0 Å². The van der Waals surface area contributed by atoms with Gasteiger partial charge in [-0.1, -0.05) is 25.1 Å². The Morgan fingerprint density at radius 2 is 1.94 bits per heavy atom. The van der Waals surface area contributed by atoms with Crippen LogP contribution in [0.5, 0.6) is 0 Å². The summed E-state index contributed by atoms with van der Waals surface area (Å²) in [6, 6.07) is 9.15. The summed E-state index contributed by atoms with van der Waals surface area (Å²) in [6.45, 7) is 8.56. The molecule has 17 heavy (non-hydrogen) atoms. The van der Waals surface area contributed by atoms with Crippen LogP contribution in [0.15, 0.2) is 30.5 Å². The Labute approximate surface area is 109 Å². The largest absolute Gasteiger partial charge is 0.345 e. The first-order valence-electron chi connectivity index (χ1n) is 6.03. The third-order valence-corrected chi connectivity index (χ3v) is 2.94. The molecule has 0 spiro atoms. The molecule has 1 heterocycles. The SMILES string of the molecule is CCNCc1cn(C(C)C)c2ccccc12.Cl. The molecular formula is C14H21ClN2. The first-order chi connectivity index (χ1) is 7.74. The number of halogens is 1. The van der Waals surface area contributed by atoms with Crippen LogP contribution < -0.4 is 5.32 Å². The summed E-state index contributed by atoms with van der Waals surface area (Å²) in [4.78, 5) is 0. The Hall–Kier alpha value is -0.990. The molecule has 0 saturated heterocycles. The smallest absolute Gasteiger partial charge is 0.0486 e. The van der Waals surface area contributed by atoms with Gasteiger partial charge < -0.3 is 9.88 Å². The maximum Gasteiger partial charge on any atom is 0.0486 e. The van der Waals surface area contributed by atoms with Crippen LogP contribution in [0.25, 0.3) is 10.9 Å². The van der Waals surface area contributed by atoms with E-state index in [1.165, 1.54) is 16.5 Å². The zero-order valence-electron chi connectivity index (χ0n) is 10.7. The highest BCUT2D eigenvalue weighted by Crippen LogP contribution is 2.24. The summed E-state index contributed by atoms with van der Waals surface area (Å²) in [5.41, 5.74) is 2.73. The minimum absolute atomic E-state index is 0. The number of hydrogen-bond acceptors (Lipinski definition) is 1. The lowest BCUT2D eigenvalue weighted by Crippen LogP contribution is -2.11. The van der Waals surface area contributed by atoms with Crippen LogP contribution in [0.2, 0.25) is 0 Å². The molecule has 0 fully saturated rings. The first-order valence-corrected chi connectivity index (χ1v) is 6.03. The van der Waals surface area contributed by atoms with Crippen molar-refractivity contribution < 1.29 is 0 Å². The Bertz CT molecular complexity index is 474. The highest BCUT2D eigenvalue weighted by Gasteiger charge is 2.08. The van der Waals surface area contributed by atoms with Gasteiger partial charge in [0.1, 0.15) is 0 Å². The lowest BCUT2D eigenvalue weighted by atomic mass is 10.2. The van der Waals surface area contributed by atoms with E-state index in [4.69, 9.17) is 0 Å². The molecule has 0 saturated carbocycles. The molecule has 0 aliphatic rings. The number of nitrogens with one attached hydrogen (secondary N) is 1. The summed E-state index contributed by atoms with van der Waals surface area (Å²) in [5, 5.41) is 4.77. The molecule has 0 aliphatic carbocycles. The number of benzene rings is 1. The summed E-state index contributed by atoms with van der Waals surface area (Å²) in [7, 11) is 0. The van der Waals surface area contributed by atoms with Crippen molar-refractivity contribution in [3.8, 4) is 0 Å². The van der Waals surface area contributed by atoms with Gasteiger partial charge in [0.05, 0.1) is 0 Å². The fraction of sp³-hybridized carbons (Fsp3) is 0.429. The number of rotatable bonds is 4. The van der Waals surface area contributed by atoms with Crippen molar-refractivity contribution in [1.82, 2.24) is 9.88 Å². The Balaban J connectivity index is 0.00000144. The molecule has 1 N–H and O–H groups in total. The average molecular weight is 253 g/mol. The maximum atomic E-state index is 3.40. The first kappa shape index (κ1) is 14.1. The summed E-state index contributed by atoms with van der Waals surface area (Å²) in [5.74, 6) is 0. The maximum absolute atomic E-state index is 3.40. The topological polar surface area (TPSA) is 17.0 Å². The molecule has 0 aliphatic heterocycles. The number of para-hydroxylation sites is 1. The van der Waals surface area contributed by atoms with Gasteiger partial charge in [0, 0.05) is 29.7 Å². The monoisotopic (exact) mass is 252 g/mol. The molecule has 0 atom stereocenters. The quantitative estimate of drug-likeness (QED) is 0.877. The average Bonchev–Trinajstić information content (AvgIpc) is 2.65. The molecule has 2 rings (SSSR count). The predicted molar refractivity (Wildman–Crippen MR) is 77.0 cm³/mol. The lowest BCUT2D eigenvalue weighted by molar-refractivity contribution is 0.618. The minimum atomic E-state index is 0. The van der Waals surface area contributed by atoms with E-state index in [0.29, 0.717) is 6.04 Å². The van der Waals surface area contributed by atoms with E-state index in [-0.39, 0.29) is 12.4 Å². The second-order valence-electron chi connectivity index (χ2n) is 4.45. The fourth-order valence-corrected chi connectivity index (χ4v) is 2.11. The van der Waals surface area contributed by atoms with Crippen LogP contribution in [-0.4, -0.2) is 11.1 Å². The number of nitrogens with zero attached hydrogens (tertiary/aromatic N) is 1. The Morgan fingerprint density at radius 3 is 2.59 bits per heavy atom. The molecule has 2 aromatic rings. The van der Waals surface area contributed by atoms with Crippen molar-refractivity contribution in [2.24, 2.45) is 0 Å². The van der Waals surface area contributed by atoms with E-state index in [9.17, 15) is 0 Å². The predicted octanol–water partition coefficient (Wildman–Crippen LogP) is 3.75. The van der Waals surface area contributed by atoms with Crippen molar-refractivity contribution in [2.75, 3.05) is 6.54 Å². The van der Waals surface area contributed by atoms with Crippen molar-refractivity contribution in [2.45, 2.75) is 33.4 Å². The van der Waals surface area contributed by atoms with E-state index >= 15 is 0 Å². The van der Waals surface area contributed by atoms with Crippen LogP contribution in [0.1, 0.15) is 32.4 Å². The van der Waals surface area contributed by atoms with Crippen molar-refractivity contribution in [3.63, 3.8) is 0 Å². The third-order valence-electron chi connectivity index (χ3n) is 2.94. The second-order valence-corrected chi connectivity index (χ2v) is 4.45. The van der Waals surface area contributed by atoms with E-state index in [1.54, 1.807) is 0 Å². The van der Waals surface area contributed by atoms with Gasteiger partial charge in [-0.25, -0.2) is 0 Å². The molecule has 0 bridgehead atoms. The van der Waals surface area contributed by atoms with Crippen LogP contribution >= 0.6 is 12.4 Å². The van der Waals surface area contributed by atoms with Gasteiger partial charge >= 0.3 is 0 Å². The van der Waals surface area contributed by atoms with Crippen LogP contribution in [0.4, 0.5) is 0 Å². The zero-order valence-corrected chi connectivity index (χ0v) is 11.6. The number of fused-ring (bicyclic) bond motifs is 1. The number of hydrogen-bond donors (Lipinski definition) is 1. The molecule has 0 unspecified atom stereocenters. The highest BCUT2D eigenvalue weighted by molar-refractivity contribution is 5.85. The summed E-state index contributed by atoms with van der Waals surface area (Å²) >= 11 is 0. The van der Waals surface area contributed by atoms with Gasteiger partial charge in [-0.05, 0) is 32.0 Å². The summed E-state index contributed by atoms with van der Waals surface area (Å²) < 4.78 is 2.35. The lowest BCUT2D eigenvalue weighted by Gasteiger charge is -2.08. The van der Waals surface area contributed by atoms with E-state index in [0.717, 1.165) is 13.1 Å². The van der Waals surface area contributed by atoms with Gasteiger partial charge in [0.2, 0.25) is 0 Å². The van der Waals surface area contributed by atoms with Crippen LogP contribution in [0, 0.1) is 0 Å². The Morgan fingerprint density at radius 1 is 1.24 bits per heavy atom. The van der Waals surface area contributed by atoms with Crippen molar-refractivity contribution in [1.29, 1.82) is 0 Å². The van der Waals surface area contributed by atoms with Gasteiger partial charge in [0.15, 0.2) is 0 Å². The normalized spacial score (nSPS) is 10.8. The molecule has 1 aromatic carbocycles. The van der Waals surface area contributed by atoms with E-state index in [1.807, 2.05) is 0 Å². The molecule has 2 nitrogen and oxygen atoms in total. The molecule has 0 amide bonds. The van der Waals surface area contributed by atoms with E-state index in [2.05, 4.69) is 61.1 Å². The van der Waals surface area contributed by atoms with E-state index < -0.39 is 0 Å². The molecule has 94 valence electrons. The Kier molecular flexibility index (Phi) is 5.03. The zero-order chi connectivity index (χ0) is 11.5. The van der Waals surface area contributed by atoms with Gasteiger partial charge in [-0.2, -0.15) is 0 Å². The van der Waals surface area contributed by atoms with Crippen LogP contribution in [-0.2, 0) is 6.54 Å². The highest BCUT2D eigenvalue weighted by atomic mass is 35.5. The summed E-state index contributed by atoms with van der Waals surface area (Å²) in [6.07, 6.45) is 2.28. The van der Waals surface area contributed by atoms with Gasteiger partial charge in [-0.15, -0.1) is 12.4 Å².